The van der Waals surface area contributed by atoms with Gasteiger partial charge in [0, 0.05) is 38.9 Å². The second-order valence-electron chi connectivity index (χ2n) is 4.96. The first-order chi connectivity index (χ1) is 10.3. The molecule has 0 saturated carbocycles. The van der Waals surface area contributed by atoms with Crippen LogP contribution in [0.4, 0.5) is 10.1 Å². The van der Waals surface area contributed by atoms with E-state index in [-0.39, 0.29) is 5.82 Å². The number of hydrogen-bond donors (Lipinski definition) is 1. The van der Waals surface area contributed by atoms with Crippen molar-refractivity contribution in [3.05, 3.63) is 36.2 Å². The third-order valence-electron chi connectivity index (χ3n) is 3.52. The summed E-state index contributed by atoms with van der Waals surface area (Å²) in [4.78, 5) is 6.39. The van der Waals surface area contributed by atoms with E-state index >= 15 is 0 Å². The average Bonchev–Trinajstić information content (AvgIpc) is 2.98. The molecule has 2 aromatic rings. The van der Waals surface area contributed by atoms with Crippen molar-refractivity contribution in [2.45, 2.75) is 6.61 Å². The number of methoxy groups -OCH3 is 1. The number of rotatable bonds is 4. The van der Waals surface area contributed by atoms with Gasteiger partial charge in [0.05, 0.1) is 5.69 Å². The van der Waals surface area contributed by atoms with Crippen LogP contribution in [-0.4, -0.2) is 38.3 Å². The number of nitrogens with one attached hydrogen (secondary N) is 1. The van der Waals surface area contributed by atoms with Gasteiger partial charge in [-0.2, -0.15) is 0 Å². The van der Waals surface area contributed by atoms with E-state index in [1.807, 2.05) is 11.0 Å². The second-order valence-corrected chi connectivity index (χ2v) is 4.96. The summed E-state index contributed by atoms with van der Waals surface area (Å²) in [7, 11) is 1.59. The lowest BCUT2D eigenvalue weighted by Gasteiger charge is -2.29. The van der Waals surface area contributed by atoms with Crippen molar-refractivity contribution in [3.8, 4) is 11.3 Å². The molecule has 1 saturated heterocycles. The third-order valence-corrected chi connectivity index (χ3v) is 3.52. The highest BCUT2D eigenvalue weighted by atomic mass is 19.1. The van der Waals surface area contributed by atoms with Crippen molar-refractivity contribution in [3.63, 3.8) is 0 Å². The Kier molecular flexibility index (Phi) is 4.17. The van der Waals surface area contributed by atoms with Crippen LogP contribution < -0.4 is 10.2 Å². The number of halogens is 1. The van der Waals surface area contributed by atoms with E-state index in [9.17, 15) is 4.39 Å². The highest BCUT2D eigenvalue weighted by molar-refractivity contribution is 5.65. The topological polar surface area (TPSA) is 50.5 Å². The fourth-order valence-electron chi connectivity index (χ4n) is 2.45. The number of hydrogen-bond acceptors (Lipinski definition) is 5. The predicted octanol–water partition coefficient (Wildman–Crippen LogP) is 2.04. The van der Waals surface area contributed by atoms with Crippen molar-refractivity contribution >= 4 is 5.69 Å². The van der Waals surface area contributed by atoms with E-state index in [1.165, 1.54) is 6.07 Å². The van der Waals surface area contributed by atoms with E-state index in [0.717, 1.165) is 31.7 Å². The minimum atomic E-state index is -0.207. The van der Waals surface area contributed by atoms with Crippen LogP contribution in [0.1, 0.15) is 5.89 Å². The average molecular weight is 291 g/mol. The van der Waals surface area contributed by atoms with E-state index in [2.05, 4.69) is 10.3 Å². The van der Waals surface area contributed by atoms with Crippen molar-refractivity contribution in [1.82, 2.24) is 10.3 Å². The van der Waals surface area contributed by atoms with Crippen LogP contribution in [0.15, 0.2) is 28.9 Å². The molecule has 0 atom stereocenters. The molecule has 0 aliphatic carbocycles. The molecular formula is C15H18FN3O2. The Bertz CT molecular complexity index is 609. The normalized spacial score (nSPS) is 15.4. The summed E-state index contributed by atoms with van der Waals surface area (Å²) in [5.74, 6) is 0.307. The van der Waals surface area contributed by atoms with Gasteiger partial charge in [-0.1, -0.05) is 0 Å². The number of anilines is 1. The maximum Gasteiger partial charge on any atom is 0.220 e. The van der Waals surface area contributed by atoms with Gasteiger partial charge in [0.15, 0.2) is 0 Å². The van der Waals surface area contributed by atoms with Gasteiger partial charge < -0.3 is 19.4 Å². The van der Waals surface area contributed by atoms with Crippen LogP contribution in [0.3, 0.4) is 0 Å². The van der Waals surface area contributed by atoms with Gasteiger partial charge in [0.2, 0.25) is 5.89 Å². The van der Waals surface area contributed by atoms with Crippen LogP contribution in [0.2, 0.25) is 0 Å². The van der Waals surface area contributed by atoms with Crippen LogP contribution >= 0.6 is 0 Å². The lowest BCUT2D eigenvalue weighted by Crippen LogP contribution is -2.43. The Morgan fingerprint density at radius 3 is 2.95 bits per heavy atom. The number of ether oxygens (including phenoxy) is 1. The predicted molar refractivity (Wildman–Crippen MR) is 77.7 cm³/mol. The largest absolute Gasteiger partial charge is 0.446 e. The monoisotopic (exact) mass is 291 g/mol. The van der Waals surface area contributed by atoms with Crippen LogP contribution in [0, 0.1) is 5.82 Å². The summed E-state index contributed by atoms with van der Waals surface area (Å²) >= 11 is 0. The molecule has 0 spiro atoms. The van der Waals surface area contributed by atoms with Gasteiger partial charge in [-0.3, -0.25) is 0 Å². The molecule has 0 unspecified atom stereocenters. The summed E-state index contributed by atoms with van der Waals surface area (Å²) in [6.45, 7) is 3.66. The smallest absolute Gasteiger partial charge is 0.220 e. The summed E-state index contributed by atoms with van der Waals surface area (Å²) in [5.41, 5.74) is 2.15. The number of piperazine rings is 1. The number of oxazole rings is 1. The zero-order valence-corrected chi connectivity index (χ0v) is 11.9. The highest BCUT2D eigenvalue weighted by Gasteiger charge is 2.16. The molecule has 1 fully saturated rings. The quantitative estimate of drug-likeness (QED) is 0.934. The third kappa shape index (κ3) is 3.06. The second kappa shape index (κ2) is 6.24. The molecule has 1 aromatic carbocycles. The van der Waals surface area contributed by atoms with E-state index in [0.29, 0.717) is 23.9 Å². The molecule has 21 heavy (non-hydrogen) atoms. The maximum atomic E-state index is 14.1. The Morgan fingerprint density at radius 2 is 2.19 bits per heavy atom. The van der Waals surface area contributed by atoms with Crippen LogP contribution in [0.5, 0.6) is 0 Å². The van der Waals surface area contributed by atoms with Gasteiger partial charge in [-0.15, -0.1) is 0 Å². The highest BCUT2D eigenvalue weighted by Crippen LogP contribution is 2.27. The van der Waals surface area contributed by atoms with E-state index in [1.54, 1.807) is 19.4 Å². The Labute approximate surface area is 122 Å². The fourth-order valence-corrected chi connectivity index (χ4v) is 2.45. The molecule has 1 aliphatic rings. The summed E-state index contributed by atoms with van der Waals surface area (Å²) in [5, 5.41) is 3.26. The Morgan fingerprint density at radius 1 is 1.38 bits per heavy atom. The van der Waals surface area contributed by atoms with Crippen molar-refractivity contribution in [2.24, 2.45) is 0 Å². The fraction of sp³-hybridized carbons (Fsp3) is 0.400. The Balaban J connectivity index is 1.88. The minimum Gasteiger partial charge on any atom is -0.446 e. The first kappa shape index (κ1) is 14.0. The molecule has 6 heteroatoms. The SMILES string of the molecule is COCc1nc(-c2ccc(F)c(N3CCNCC3)c2)co1. The van der Waals surface area contributed by atoms with E-state index < -0.39 is 0 Å². The molecule has 0 amide bonds. The van der Waals surface area contributed by atoms with Gasteiger partial charge >= 0.3 is 0 Å². The molecule has 2 heterocycles. The van der Waals surface area contributed by atoms with Crippen LogP contribution in [0.25, 0.3) is 11.3 Å². The van der Waals surface area contributed by atoms with Crippen molar-refractivity contribution in [2.75, 3.05) is 38.2 Å². The zero-order valence-electron chi connectivity index (χ0n) is 11.9. The lowest BCUT2D eigenvalue weighted by atomic mass is 10.1. The number of benzene rings is 1. The maximum absolute atomic E-state index is 14.1. The first-order valence-corrected chi connectivity index (χ1v) is 6.97. The molecule has 0 bridgehead atoms. The zero-order chi connectivity index (χ0) is 14.7. The number of aromatic nitrogens is 1. The lowest BCUT2D eigenvalue weighted by molar-refractivity contribution is 0.159. The van der Waals surface area contributed by atoms with Crippen molar-refractivity contribution < 1.29 is 13.5 Å². The minimum absolute atomic E-state index is 0.207. The summed E-state index contributed by atoms with van der Waals surface area (Å²) in [6, 6.07) is 5.03. The summed E-state index contributed by atoms with van der Waals surface area (Å²) < 4.78 is 24.4. The molecule has 0 radical (unpaired) electrons. The van der Waals surface area contributed by atoms with Crippen molar-refractivity contribution in [1.29, 1.82) is 0 Å². The Hall–Kier alpha value is -1.92. The molecule has 1 aromatic heterocycles. The van der Waals surface area contributed by atoms with Gasteiger partial charge in [-0.05, 0) is 18.2 Å². The summed E-state index contributed by atoms with van der Waals surface area (Å²) in [6.07, 6.45) is 1.57. The molecule has 3 rings (SSSR count). The van der Waals surface area contributed by atoms with Gasteiger partial charge in [-0.25, -0.2) is 9.37 Å². The van der Waals surface area contributed by atoms with Gasteiger partial charge in [0.25, 0.3) is 0 Å². The van der Waals surface area contributed by atoms with Crippen LogP contribution in [-0.2, 0) is 11.3 Å². The van der Waals surface area contributed by atoms with Gasteiger partial charge in [0.1, 0.15) is 24.4 Å². The standard InChI is InChI=1S/C15H18FN3O2/c1-20-10-15-18-13(9-21-15)11-2-3-12(16)14(8-11)19-6-4-17-5-7-19/h2-3,8-9,17H,4-7,10H2,1H3. The molecule has 112 valence electrons. The molecule has 5 nitrogen and oxygen atoms in total. The number of nitrogens with zero attached hydrogens (tertiary/aromatic N) is 2. The molecule has 1 N–H and O–H groups in total. The molecule has 1 aliphatic heterocycles. The first-order valence-electron chi connectivity index (χ1n) is 6.97. The molecular weight excluding hydrogens is 273 g/mol. The van der Waals surface area contributed by atoms with E-state index in [4.69, 9.17) is 9.15 Å².